The van der Waals surface area contributed by atoms with Gasteiger partial charge in [-0.25, -0.2) is 4.98 Å². The van der Waals surface area contributed by atoms with Crippen LogP contribution in [-0.4, -0.2) is 16.0 Å². The first kappa shape index (κ1) is 12.6. The summed E-state index contributed by atoms with van der Waals surface area (Å²) in [6.07, 6.45) is 2.22. The van der Waals surface area contributed by atoms with Crippen molar-refractivity contribution in [1.29, 1.82) is 0 Å². The third-order valence-corrected chi connectivity index (χ3v) is 4.35. The SMILES string of the molecule is CC(NC1Cc2ccccc2C1)c1nc2ccccc2[nH]1. The summed E-state index contributed by atoms with van der Waals surface area (Å²) in [5.74, 6) is 1.02. The van der Waals surface area contributed by atoms with E-state index in [0.717, 1.165) is 29.7 Å². The molecule has 2 N–H and O–H groups in total. The standard InChI is InChI=1S/C18H19N3/c1-12(18-20-16-8-4-5-9-17(16)21-18)19-15-10-13-6-2-3-7-14(13)11-15/h2-9,12,15,19H,10-11H2,1H3,(H,20,21). The summed E-state index contributed by atoms with van der Waals surface area (Å²) in [5.41, 5.74) is 5.10. The van der Waals surface area contributed by atoms with Crippen LogP contribution < -0.4 is 5.32 Å². The van der Waals surface area contributed by atoms with Crippen LogP contribution in [0.4, 0.5) is 0 Å². The van der Waals surface area contributed by atoms with E-state index < -0.39 is 0 Å². The monoisotopic (exact) mass is 277 g/mol. The van der Waals surface area contributed by atoms with Crippen molar-refractivity contribution in [1.82, 2.24) is 15.3 Å². The molecular formula is C18H19N3. The smallest absolute Gasteiger partial charge is 0.124 e. The van der Waals surface area contributed by atoms with Crippen LogP contribution in [0.1, 0.15) is 29.9 Å². The fourth-order valence-corrected chi connectivity index (χ4v) is 3.29. The number of fused-ring (bicyclic) bond motifs is 2. The van der Waals surface area contributed by atoms with Crippen molar-refractivity contribution in [3.63, 3.8) is 0 Å². The predicted molar refractivity (Wildman–Crippen MR) is 85.3 cm³/mol. The van der Waals surface area contributed by atoms with Crippen molar-refractivity contribution in [2.24, 2.45) is 0 Å². The van der Waals surface area contributed by atoms with Gasteiger partial charge in [-0.05, 0) is 43.0 Å². The number of para-hydroxylation sites is 2. The second-order valence-electron chi connectivity index (χ2n) is 5.90. The van der Waals surface area contributed by atoms with Gasteiger partial charge in [-0.2, -0.15) is 0 Å². The Kier molecular flexibility index (Phi) is 3.00. The van der Waals surface area contributed by atoms with Crippen LogP contribution >= 0.6 is 0 Å². The maximum absolute atomic E-state index is 4.69. The Balaban J connectivity index is 1.50. The molecule has 1 aliphatic rings. The Morgan fingerprint density at radius 1 is 1.05 bits per heavy atom. The van der Waals surface area contributed by atoms with Crippen molar-refractivity contribution in [2.45, 2.75) is 31.8 Å². The van der Waals surface area contributed by atoms with Crippen molar-refractivity contribution >= 4 is 11.0 Å². The number of nitrogens with one attached hydrogen (secondary N) is 2. The molecule has 0 radical (unpaired) electrons. The van der Waals surface area contributed by atoms with Gasteiger partial charge in [0.2, 0.25) is 0 Å². The Labute approximate surface area is 124 Å². The number of aromatic amines is 1. The minimum atomic E-state index is 0.233. The summed E-state index contributed by atoms with van der Waals surface area (Å²) in [4.78, 5) is 8.10. The summed E-state index contributed by atoms with van der Waals surface area (Å²) in [6.45, 7) is 2.18. The molecule has 0 fully saturated rings. The van der Waals surface area contributed by atoms with E-state index in [1.54, 1.807) is 0 Å². The largest absolute Gasteiger partial charge is 0.341 e. The molecule has 106 valence electrons. The van der Waals surface area contributed by atoms with Gasteiger partial charge in [0.1, 0.15) is 5.82 Å². The van der Waals surface area contributed by atoms with Crippen LogP contribution in [0.3, 0.4) is 0 Å². The summed E-state index contributed by atoms with van der Waals surface area (Å²) >= 11 is 0. The van der Waals surface area contributed by atoms with Crippen molar-refractivity contribution in [2.75, 3.05) is 0 Å². The lowest BCUT2D eigenvalue weighted by molar-refractivity contribution is 0.455. The molecule has 3 aromatic rings. The van der Waals surface area contributed by atoms with Gasteiger partial charge in [0.15, 0.2) is 0 Å². The van der Waals surface area contributed by atoms with Gasteiger partial charge in [-0.1, -0.05) is 36.4 Å². The Hall–Kier alpha value is -2.13. The minimum absolute atomic E-state index is 0.233. The Bertz CT molecular complexity index is 717. The molecule has 0 spiro atoms. The number of rotatable bonds is 3. The van der Waals surface area contributed by atoms with E-state index in [4.69, 9.17) is 0 Å². The van der Waals surface area contributed by atoms with Crippen LogP contribution in [0.25, 0.3) is 11.0 Å². The van der Waals surface area contributed by atoms with Gasteiger partial charge < -0.3 is 10.3 Å². The van der Waals surface area contributed by atoms with Gasteiger partial charge in [0, 0.05) is 6.04 Å². The van der Waals surface area contributed by atoms with E-state index >= 15 is 0 Å². The van der Waals surface area contributed by atoms with Crippen LogP contribution in [0.15, 0.2) is 48.5 Å². The Morgan fingerprint density at radius 3 is 2.43 bits per heavy atom. The number of aromatic nitrogens is 2. The second kappa shape index (κ2) is 5.01. The first-order valence-electron chi connectivity index (χ1n) is 7.57. The zero-order valence-corrected chi connectivity index (χ0v) is 12.1. The fraction of sp³-hybridized carbons (Fsp3) is 0.278. The molecule has 3 heteroatoms. The lowest BCUT2D eigenvalue weighted by atomic mass is 10.1. The summed E-state index contributed by atoms with van der Waals surface area (Å²) in [7, 11) is 0. The summed E-state index contributed by atoms with van der Waals surface area (Å²) < 4.78 is 0. The lowest BCUT2D eigenvalue weighted by Crippen LogP contribution is -2.32. The second-order valence-corrected chi connectivity index (χ2v) is 5.90. The molecule has 3 nitrogen and oxygen atoms in total. The normalized spacial score (nSPS) is 16.2. The maximum atomic E-state index is 4.69. The van der Waals surface area contributed by atoms with Gasteiger partial charge in [-0.15, -0.1) is 0 Å². The highest BCUT2D eigenvalue weighted by Gasteiger charge is 2.23. The van der Waals surface area contributed by atoms with Crippen LogP contribution in [0.5, 0.6) is 0 Å². The molecule has 2 aromatic carbocycles. The lowest BCUT2D eigenvalue weighted by Gasteiger charge is -2.17. The summed E-state index contributed by atoms with van der Waals surface area (Å²) in [5, 5.41) is 3.71. The number of hydrogen-bond acceptors (Lipinski definition) is 2. The quantitative estimate of drug-likeness (QED) is 0.770. The van der Waals surface area contributed by atoms with E-state index in [2.05, 4.69) is 52.5 Å². The van der Waals surface area contributed by atoms with E-state index in [-0.39, 0.29) is 6.04 Å². The van der Waals surface area contributed by atoms with E-state index in [1.165, 1.54) is 11.1 Å². The molecule has 0 amide bonds. The average Bonchev–Trinajstić information content (AvgIpc) is 3.10. The summed E-state index contributed by atoms with van der Waals surface area (Å²) in [6, 6.07) is 17.7. The van der Waals surface area contributed by atoms with Crippen molar-refractivity contribution < 1.29 is 0 Å². The van der Waals surface area contributed by atoms with Gasteiger partial charge in [0.25, 0.3) is 0 Å². The third kappa shape index (κ3) is 2.34. The molecule has 0 saturated heterocycles. The molecule has 1 aliphatic carbocycles. The number of hydrogen-bond donors (Lipinski definition) is 2. The zero-order valence-electron chi connectivity index (χ0n) is 12.1. The molecule has 0 bridgehead atoms. The highest BCUT2D eigenvalue weighted by atomic mass is 15.0. The van der Waals surface area contributed by atoms with Gasteiger partial charge >= 0.3 is 0 Å². The van der Waals surface area contributed by atoms with E-state index in [9.17, 15) is 0 Å². The van der Waals surface area contributed by atoms with Crippen molar-refractivity contribution in [3.05, 3.63) is 65.5 Å². The predicted octanol–water partition coefficient (Wildman–Crippen LogP) is 3.38. The molecular weight excluding hydrogens is 258 g/mol. The van der Waals surface area contributed by atoms with Crippen LogP contribution in [0.2, 0.25) is 0 Å². The van der Waals surface area contributed by atoms with Crippen LogP contribution in [0, 0.1) is 0 Å². The Morgan fingerprint density at radius 2 is 1.71 bits per heavy atom. The number of H-pyrrole nitrogens is 1. The molecule has 4 rings (SSSR count). The highest BCUT2D eigenvalue weighted by molar-refractivity contribution is 5.74. The van der Waals surface area contributed by atoms with Crippen LogP contribution in [-0.2, 0) is 12.8 Å². The van der Waals surface area contributed by atoms with E-state index in [1.807, 2.05) is 18.2 Å². The third-order valence-electron chi connectivity index (χ3n) is 4.35. The minimum Gasteiger partial charge on any atom is -0.341 e. The molecule has 21 heavy (non-hydrogen) atoms. The molecule has 0 saturated carbocycles. The van der Waals surface area contributed by atoms with Gasteiger partial charge in [-0.3, -0.25) is 0 Å². The maximum Gasteiger partial charge on any atom is 0.124 e. The number of nitrogens with zero attached hydrogens (tertiary/aromatic N) is 1. The fourth-order valence-electron chi connectivity index (χ4n) is 3.29. The number of imidazole rings is 1. The van der Waals surface area contributed by atoms with Gasteiger partial charge in [0.05, 0.1) is 17.1 Å². The molecule has 1 atom stereocenters. The van der Waals surface area contributed by atoms with E-state index in [0.29, 0.717) is 6.04 Å². The topological polar surface area (TPSA) is 40.7 Å². The first-order valence-corrected chi connectivity index (χ1v) is 7.57. The first-order chi connectivity index (χ1) is 10.3. The number of benzene rings is 2. The zero-order chi connectivity index (χ0) is 14.2. The highest BCUT2D eigenvalue weighted by Crippen LogP contribution is 2.24. The molecule has 1 aromatic heterocycles. The molecule has 1 unspecified atom stereocenters. The molecule has 1 heterocycles. The molecule has 0 aliphatic heterocycles. The van der Waals surface area contributed by atoms with Crippen molar-refractivity contribution in [3.8, 4) is 0 Å². The average molecular weight is 277 g/mol.